The van der Waals surface area contributed by atoms with Gasteiger partial charge in [0.15, 0.2) is 0 Å². The van der Waals surface area contributed by atoms with Gasteiger partial charge in [-0.1, -0.05) is 26.7 Å². The van der Waals surface area contributed by atoms with Crippen molar-refractivity contribution in [1.82, 2.24) is 15.5 Å². The molecule has 3 fully saturated rings. The molecule has 2 heterocycles. The first kappa shape index (κ1) is 21.5. The normalized spacial score (nSPS) is 29.2. The first-order valence-electron chi connectivity index (χ1n) is 10.5. The second-order valence-corrected chi connectivity index (χ2v) is 8.23. The van der Waals surface area contributed by atoms with E-state index in [0.717, 1.165) is 45.2 Å². The van der Waals surface area contributed by atoms with Gasteiger partial charge in [0, 0.05) is 31.1 Å². The van der Waals surface area contributed by atoms with E-state index in [-0.39, 0.29) is 36.3 Å². The lowest BCUT2D eigenvalue weighted by Gasteiger charge is -2.34. The lowest BCUT2D eigenvalue weighted by molar-refractivity contribution is -0.137. The number of carbonyl (C=O) groups is 2. The van der Waals surface area contributed by atoms with E-state index in [1.165, 1.54) is 25.7 Å². The molecule has 0 aromatic rings. The van der Waals surface area contributed by atoms with E-state index in [9.17, 15) is 9.59 Å². The molecule has 0 aromatic heterocycles. The van der Waals surface area contributed by atoms with Crippen LogP contribution in [0.5, 0.6) is 0 Å². The number of halogens is 1. The Hall–Kier alpha value is -0.810. The van der Waals surface area contributed by atoms with Crippen LogP contribution in [-0.4, -0.2) is 47.9 Å². The predicted molar refractivity (Wildman–Crippen MR) is 106 cm³/mol. The van der Waals surface area contributed by atoms with Crippen LogP contribution in [-0.2, 0) is 9.59 Å². The molecule has 3 atom stereocenters. The van der Waals surface area contributed by atoms with Crippen LogP contribution in [0.25, 0.3) is 0 Å². The summed E-state index contributed by atoms with van der Waals surface area (Å²) in [7, 11) is 0. The molecule has 26 heavy (non-hydrogen) atoms. The first-order chi connectivity index (χ1) is 12.1. The van der Waals surface area contributed by atoms with Crippen LogP contribution in [0.15, 0.2) is 0 Å². The number of piperidine rings is 1. The lowest BCUT2D eigenvalue weighted by atomic mass is 9.85. The van der Waals surface area contributed by atoms with Gasteiger partial charge in [-0.2, -0.15) is 0 Å². The summed E-state index contributed by atoms with van der Waals surface area (Å²) in [6.07, 6.45) is 9.73. The van der Waals surface area contributed by atoms with Gasteiger partial charge in [-0.3, -0.25) is 9.59 Å². The topological polar surface area (TPSA) is 61.4 Å². The molecular weight excluding hydrogens is 350 g/mol. The number of amides is 2. The predicted octanol–water partition coefficient (Wildman–Crippen LogP) is 2.87. The number of fused-ring (bicyclic) bond motifs is 1. The summed E-state index contributed by atoms with van der Waals surface area (Å²) in [5.74, 6) is 1.34. The maximum Gasteiger partial charge on any atom is 0.237 e. The second kappa shape index (κ2) is 9.93. The monoisotopic (exact) mass is 385 g/mol. The van der Waals surface area contributed by atoms with Gasteiger partial charge in [0.05, 0.1) is 6.04 Å². The number of carbonyl (C=O) groups excluding carboxylic acids is 2. The third-order valence-electron chi connectivity index (χ3n) is 6.67. The van der Waals surface area contributed by atoms with Crippen molar-refractivity contribution >= 4 is 24.2 Å². The van der Waals surface area contributed by atoms with Gasteiger partial charge in [0.1, 0.15) is 0 Å². The minimum Gasteiger partial charge on any atom is -0.352 e. The maximum atomic E-state index is 12.6. The standard InChI is InChI=1S/C20H35N3O2.ClH/c1-3-14(4-2)20(25)23-11-9-16(10-12-23)21-19(24)18-13-15-7-5-6-8-17(15)22-18;/h14-18,22H,3-13H2,1-2H3,(H,21,24);1H. The van der Waals surface area contributed by atoms with E-state index in [1.54, 1.807) is 0 Å². The molecule has 0 radical (unpaired) electrons. The number of nitrogens with one attached hydrogen (secondary N) is 2. The van der Waals surface area contributed by atoms with E-state index < -0.39 is 0 Å². The Labute approximate surface area is 164 Å². The molecule has 0 bridgehead atoms. The van der Waals surface area contributed by atoms with Gasteiger partial charge in [0.25, 0.3) is 0 Å². The molecule has 5 nitrogen and oxygen atoms in total. The van der Waals surface area contributed by atoms with Crippen molar-refractivity contribution in [3.05, 3.63) is 0 Å². The summed E-state index contributed by atoms with van der Waals surface area (Å²) >= 11 is 0. The first-order valence-corrected chi connectivity index (χ1v) is 10.5. The molecule has 1 saturated carbocycles. The van der Waals surface area contributed by atoms with Crippen molar-refractivity contribution < 1.29 is 9.59 Å². The minimum atomic E-state index is -0.00248. The molecule has 2 N–H and O–H groups in total. The van der Waals surface area contributed by atoms with Crippen molar-refractivity contribution in [2.24, 2.45) is 11.8 Å². The average molecular weight is 386 g/mol. The van der Waals surface area contributed by atoms with Crippen LogP contribution in [0.4, 0.5) is 0 Å². The van der Waals surface area contributed by atoms with Gasteiger partial charge in [-0.15, -0.1) is 12.4 Å². The number of hydrogen-bond donors (Lipinski definition) is 2. The molecule has 2 aliphatic heterocycles. The highest BCUT2D eigenvalue weighted by Gasteiger charge is 2.39. The van der Waals surface area contributed by atoms with Crippen molar-refractivity contribution in [2.75, 3.05) is 13.1 Å². The van der Waals surface area contributed by atoms with E-state index in [4.69, 9.17) is 0 Å². The molecule has 0 spiro atoms. The molecule has 0 aromatic carbocycles. The zero-order valence-electron chi connectivity index (χ0n) is 16.3. The van der Waals surface area contributed by atoms with Crippen LogP contribution < -0.4 is 10.6 Å². The van der Waals surface area contributed by atoms with Crippen molar-refractivity contribution in [1.29, 1.82) is 0 Å². The fourth-order valence-corrected chi connectivity index (χ4v) is 4.96. The average Bonchev–Trinajstić information content (AvgIpc) is 3.07. The van der Waals surface area contributed by atoms with Gasteiger partial charge in [-0.25, -0.2) is 0 Å². The molecule has 3 unspecified atom stereocenters. The van der Waals surface area contributed by atoms with E-state index in [0.29, 0.717) is 17.9 Å². The third kappa shape index (κ3) is 4.92. The summed E-state index contributed by atoms with van der Waals surface area (Å²) in [6, 6.07) is 0.781. The smallest absolute Gasteiger partial charge is 0.237 e. The highest BCUT2D eigenvalue weighted by atomic mass is 35.5. The zero-order chi connectivity index (χ0) is 17.8. The largest absolute Gasteiger partial charge is 0.352 e. The molecule has 3 rings (SSSR count). The Morgan fingerprint density at radius 1 is 1.08 bits per heavy atom. The van der Waals surface area contributed by atoms with Gasteiger partial charge in [0.2, 0.25) is 11.8 Å². The Balaban J connectivity index is 0.00000243. The Morgan fingerprint density at radius 3 is 2.35 bits per heavy atom. The third-order valence-corrected chi connectivity index (χ3v) is 6.67. The Bertz CT molecular complexity index is 462. The second-order valence-electron chi connectivity index (χ2n) is 8.23. The van der Waals surface area contributed by atoms with Gasteiger partial charge < -0.3 is 15.5 Å². The molecular formula is C20H36ClN3O2. The van der Waals surface area contributed by atoms with Crippen molar-refractivity contribution in [3.8, 4) is 0 Å². The van der Waals surface area contributed by atoms with Crippen LogP contribution >= 0.6 is 12.4 Å². The van der Waals surface area contributed by atoms with Crippen LogP contribution in [0.1, 0.15) is 71.6 Å². The van der Waals surface area contributed by atoms with E-state index in [2.05, 4.69) is 24.5 Å². The van der Waals surface area contributed by atoms with E-state index in [1.807, 2.05) is 4.90 Å². The number of nitrogens with zero attached hydrogens (tertiary/aromatic N) is 1. The zero-order valence-corrected chi connectivity index (χ0v) is 17.2. The molecule has 150 valence electrons. The summed E-state index contributed by atoms with van der Waals surface area (Å²) < 4.78 is 0. The van der Waals surface area contributed by atoms with Crippen LogP contribution in [0.3, 0.4) is 0 Å². The Kier molecular flexibility index (Phi) is 8.21. The summed E-state index contributed by atoms with van der Waals surface area (Å²) in [5.41, 5.74) is 0. The van der Waals surface area contributed by atoms with E-state index >= 15 is 0 Å². The minimum absolute atomic E-state index is 0. The van der Waals surface area contributed by atoms with Crippen molar-refractivity contribution in [2.45, 2.75) is 89.8 Å². The number of hydrogen-bond acceptors (Lipinski definition) is 3. The van der Waals surface area contributed by atoms with Crippen LogP contribution in [0.2, 0.25) is 0 Å². The maximum absolute atomic E-state index is 12.6. The molecule has 1 aliphatic carbocycles. The quantitative estimate of drug-likeness (QED) is 0.764. The number of likely N-dealkylation sites (tertiary alicyclic amines) is 1. The molecule has 2 saturated heterocycles. The fourth-order valence-electron chi connectivity index (χ4n) is 4.96. The van der Waals surface area contributed by atoms with Gasteiger partial charge in [-0.05, 0) is 50.9 Å². The summed E-state index contributed by atoms with van der Waals surface area (Å²) in [5, 5.41) is 6.81. The molecule has 2 amide bonds. The van der Waals surface area contributed by atoms with Crippen LogP contribution in [0, 0.1) is 11.8 Å². The highest BCUT2D eigenvalue weighted by Crippen LogP contribution is 2.33. The van der Waals surface area contributed by atoms with Gasteiger partial charge >= 0.3 is 0 Å². The number of rotatable bonds is 5. The fraction of sp³-hybridized carbons (Fsp3) is 0.900. The Morgan fingerprint density at radius 2 is 1.73 bits per heavy atom. The summed E-state index contributed by atoms with van der Waals surface area (Å²) in [6.45, 7) is 5.74. The molecule has 3 aliphatic rings. The summed E-state index contributed by atoms with van der Waals surface area (Å²) in [4.78, 5) is 27.1. The lowest BCUT2D eigenvalue weighted by Crippen LogP contribution is -2.51. The van der Waals surface area contributed by atoms with Crippen molar-refractivity contribution in [3.63, 3.8) is 0 Å². The molecule has 6 heteroatoms. The highest BCUT2D eigenvalue weighted by molar-refractivity contribution is 5.85. The SMILES string of the molecule is CCC(CC)C(=O)N1CCC(NC(=O)C2CC3CCCCC3N2)CC1.Cl.